The molecular weight excluding hydrogens is 432 g/mol. The summed E-state index contributed by atoms with van der Waals surface area (Å²) in [5.74, 6) is -0.492. The predicted octanol–water partition coefficient (Wildman–Crippen LogP) is 4.04. The predicted molar refractivity (Wildman–Crippen MR) is 117 cm³/mol. The number of amides is 1. The first-order valence-corrected chi connectivity index (χ1v) is 11.8. The van der Waals surface area contributed by atoms with Crippen molar-refractivity contribution < 1.29 is 13.2 Å². The van der Waals surface area contributed by atoms with E-state index in [-0.39, 0.29) is 6.42 Å². The zero-order valence-electron chi connectivity index (χ0n) is 15.7. The highest BCUT2D eigenvalue weighted by atomic mass is 35.5. The van der Waals surface area contributed by atoms with Gasteiger partial charge in [-0.2, -0.15) is 0 Å². The summed E-state index contributed by atoms with van der Waals surface area (Å²) in [6, 6.07) is 14.9. The van der Waals surface area contributed by atoms with E-state index in [2.05, 4.69) is 15.5 Å². The third-order valence-corrected chi connectivity index (χ3v) is 6.37. The van der Waals surface area contributed by atoms with Crippen LogP contribution in [0.5, 0.6) is 0 Å². The molecule has 1 unspecified atom stereocenters. The number of hydrogen-bond acceptors (Lipinski definition) is 6. The van der Waals surface area contributed by atoms with Crippen LogP contribution in [0.3, 0.4) is 0 Å². The monoisotopic (exact) mass is 450 g/mol. The van der Waals surface area contributed by atoms with E-state index in [0.717, 1.165) is 16.1 Å². The Kier molecular flexibility index (Phi) is 6.51. The first kappa shape index (κ1) is 21.2. The first-order chi connectivity index (χ1) is 13.8. The molecule has 0 aliphatic heterocycles. The van der Waals surface area contributed by atoms with Crippen molar-refractivity contribution in [3.63, 3.8) is 0 Å². The van der Waals surface area contributed by atoms with Gasteiger partial charge in [-0.05, 0) is 24.6 Å². The van der Waals surface area contributed by atoms with Crippen LogP contribution < -0.4 is 9.62 Å². The van der Waals surface area contributed by atoms with Crippen LogP contribution in [-0.4, -0.2) is 36.8 Å². The van der Waals surface area contributed by atoms with Crippen molar-refractivity contribution in [3.8, 4) is 10.6 Å². The van der Waals surface area contributed by atoms with Crippen LogP contribution >= 0.6 is 22.9 Å². The Balaban J connectivity index is 1.86. The molecular formula is C19H19ClN4O3S2. The SMILES string of the molecule is CCC(C(=O)Nc1nnc(-c2ccccc2)s1)N(c1cccc(Cl)c1)S(C)(=O)=O. The molecule has 1 aromatic heterocycles. The summed E-state index contributed by atoms with van der Waals surface area (Å²) in [4.78, 5) is 12.9. The van der Waals surface area contributed by atoms with Gasteiger partial charge in [0.05, 0.1) is 11.9 Å². The molecule has 1 heterocycles. The van der Waals surface area contributed by atoms with Crippen LogP contribution in [0.1, 0.15) is 13.3 Å². The second kappa shape index (κ2) is 8.89. The van der Waals surface area contributed by atoms with E-state index in [1.165, 1.54) is 17.4 Å². The number of carbonyl (C=O) groups excluding carboxylic acids is 1. The third-order valence-electron chi connectivity index (χ3n) is 4.07. The molecule has 0 radical (unpaired) electrons. The molecule has 0 fully saturated rings. The summed E-state index contributed by atoms with van der Waals surface area (Å²) >= 11 is 7.23. The van der Waals surface area contributed by atoms with Crippen molar-refractivity contribution in [3.05, 3.63) is 59.6 Å². The molecule has 1 amide bonds. The van der Waals surface area contributed by atoms with Crippen LogP contribution in [0, 0.1) is 0 Å². The molecule has 0 aliphatic rings. The standard InChI is InChI=1S/C19H19ClN4O3S2/c1-3-16(24(29(2,26)27)15-11-7-10-14(20)12-15)17(25)21-19-23-22-18(28-19)13-8-5-4-6-9-13/h4-12,16H,3H2,1-2H3,(H,21,23,25). The summed E-state index contributed by atoms with van der Waals surface area (Å²) in [5, 5.41) is 12.1. The van der Waals surface area contributed by atoms with Crippen LogP contribution in [0.2, 0.25) is 5.02 Å². The minimum Gasteiger partial charge on any atom is -0.299 e. The zero-order chi connectivity index (χ0) is 21.0. The zero-order valence-corrected chi connectivity index (χ0v) is 18.1. The van der Waals surface area contributed by atoms with Crippen LogP contribution in [-0.2, 0) is 14.8 Å². The topological polar surface area (TPSA) is 92.3 Å². The average Bonchev–Trinajstić information content (AvgIpc) is 3.14. The van der Waals surface area contributed by atoms with Crippen LogP contribution in [0.4, 0.5) is 10.8 Å². The normalized spacial score (nSPS) is 12.4. The number of hydrogen-bond donors (Lipinski definition) is 1. The summed E-state index contributed by atoms with van der Waals surface area (Å²) in [5.41, 5.74) is 1.21. The fraction of sp³-hybridized carbons (Fsp3) is 0.211. The number of halogens is 1. The number of nitrogens with zero attached hydrogens (tertiary/aromatic N) is 3. The maximum Gasteiger partial charge on any atom is 0.250 e. The van der Waals surface area contributed by atoms with E-state index < -0.39 is 22.0 Å². The van der Waals surface area contributed by atoms with Gasteiger partial charge in [0.2, 0.25) is 21.1 Å². The Hall–Kier alpha value is -2.49. The van der Waals surface area contributed by atoms with Crippen molar-refractivity contribution in [1.82, 2.24) is 10.2 Å². The highest BCUT2D eigenvalue weighted by Crippen LogP contribution is 2.28. The second-order valence-electron chi connectivity index (χ2n) is 6.23. The molecule has 1 atom stereocenters. The minimum absolute atomic E-state index is 0.260. The molecule has 29 heavy (non-hydrogen) atoms. The van der Waals surface area contributed by atoms with Crippen LogP contribution in [0.15, 0.2) is 54.6 Å². The van der Waals surface area contributed by atoms with Gasteiger partial charge in [0.1, 0.15) is 11.0 Å². The lowest BCUT2D eigenvalue weighted by atomic mass is 10.2. The molecule has 10 heteroatoms. The van der Waals surface area contributed by atoms with E-state index in [1.807, 2.05) is 30.3 Å². The molecule has 0 aliphatic carbocycles. The maximum absolute atomic E-state index is 12.9. The maximum atomic E-state index is 12.9. The van der Waals surface area contributed by atoms with Gasteiger partial charge in [0, 0.05) is 10.6 Å². The largest absolute Gasteiger partial charge is 0.299 e. The highest BCUT2D eigenvalue weighted by Gasteiger charge is 2.32. The van der Waals surface area contributed by atoms with Gasteiger partial charge in [-0.1, -0.05) is 66.3 Å². The van der Waals surface area contributed by atoms with E-state index in [4.69, 9.17) is 11.6 Å². The van der Waals surface area contributed by atoms with Gasteiger partial charge in [-0.3, -0.25) is 14.4 Å². The van der Waals surface area contributed by atoms with Crippen molar-refractivity contribution in [2.24, 2.45) is 0 Å². The number of rotatable bonds is 7. The van der Waals surface area contributed by atoms with E-state index in [1.54, 1.807) is 25.1 Å². The Morgan fingerprint density at radius 2 is 1.90 bits per heavy atom. The van der Waals surface area contributed by atoms with Gasteiger partial charge in [0.25, 0.3) is 0 Å². The van der Waals surface area contributed by atoms with Gasteiger partial charge >= 0.3 is 0 Å². The fourth-order valence-electron chi connectivity index (χ4n) is 2.83. The lowest BCUT2D eigenvalue weighted by molar-refractivity contribution is -0.117. The number of nitrogens with one attached hydrogen (secondary N) is 1. The molecule has 0 spiro atoms. The number of carbonyl (C=O) groups is 1. The van der Waals surface area contributed by atoms with E-state index in [9.17, 15) is 13.2 Å². The number of benzene rings is 2. The van der Waals surface area contributed by atoms with Gasteiger partial charge in [-0.25, -0.2) is 8.42 Å². The third kappa shape index (κ3) is 5.11. The Labute approximate surface area is 178 Å². The molecule has 2 aromatic carbocycles. The lowest BCUT2D eigenvalue weighted by Crippen LogP contribution is -2.47. The lowest BCUT2D eigenvalue weighted by Gasteiger charge is -2.29. The van der Waals surface area contributed by atoms with Gasteiger partial charge < -0.3 is 0 Å². The summed E-state index contributed by atoms with van der Waals surface area (Å²) < 4.78 is 26.0. The molecule has 3 aromatic rings. The van der Waals surface area contributed by atoms with E-state index >= 15 is 0 Å². The quantitative estimate of drug-likeness (QED) is 0.586. The molecule has 3 rings (SSSR count). The number of sulfonamides is 1. The van der Waals surface area contributed by atoms with Crippen molar-refractivity contribution in [1.29, 1.82) is 0 Å². The molecule has 0 bridgehead atoms. The number of aromatic nitrogens is 2. The Bertz CT molecular complexity index is 1100. The highest BCUT2D eigenvalue weighted by molar-refractivity contribution is 7.92. The molecule has 0 saturated carbocycles. The Morgan fingerprint density at radius 3 is 2.52 bits per heavy atom. The number of anilines is 2. The van der Waals surface area contributed by atoms with Gasteiger partial charge in [0.15, 0.2) is 0 Å². The summed E-state index contributed by atoms with van der Waals surface area (Å²) in [6.07, 6.45) is 1.32. The van der Waals surface area contributed by atoms with E-state index in [0.29, 0.717) is 20.8 Å². The van der Waals surface area contributed by atoms with Crippen LogP contribution in [0.25, 0.3) is 10.6 Å². The molecule has 0 saturated heterocycles. The average molecular weight is 451 g/mol. The second-order valence-corrected chi connectivity index (χ2v) is 9.50. The summed E-state index contributed by atoms with van der Waals surface area (Å²) in [7, 11) is -3.74. The Morgan fingerprint density at radius 1 is 1.17 bits per heavy atom. The molecule has 1 N–H and O–H groups in total. The first-order valence-electron chi connectivity index (χ1n) is 8.74. The van der Waals surface area contributed by atoms with Crippen molar-refractivity contribution in [2.75, 3.05) is 15.9 Å². The van der Waals surface area contributed by atoms with Crippen molar-refractivity contribution >= 4 is 49.7 Å². The molecule has 152 valence electrons. The smallest absolute Gasteiger partial charge is 0.250 e. The minimum atomic E-state index is -3.74. The fourth-order valence-corrected chi connectivity index (χ4v) is 4.97. The van der Waals surface area contributed by atoms with Crippen molar-refractivity contribution in [2.45, 2.75) is 19.4 Å². The summed E-state index contributed by atoms with van der Waals surface area (Å²) in [6.45, 7) is 1.74. The van der Waals surface area contributed by atoms with Gasteiger partial charge in [-0.15, -0.1) is 10.2 Å². The molecule has 7 nitrogen and oxygen atoms in total.